The first-order valence-corrected chi connectivity index (χ1v) is 10.5. The minimum atomic E-state index is 0.171. The molecule has 0 spiro atoms. The van der Waals surface area contributed by atoms with E-state index in [4.69, 9.17) is 9.47 Å². The number of benzene rings is 1. The van der Waals surface area contributed by atoms with E-state index < -0.39 is 0 Å². The number of hydrogen-bond acceptors (Lipinski definition) is 7. The van der Waals surface area contributed by atoms with Crippen molar-refractivity contribution in [1.29, 1.82) is 0 Å². The summed E-state index contributed by atoms with van der Waals surface area (Å²) in [4.78, 5) is 17.6. The molecule has 1 aliphatic heterocycles. The van der Waals surface area contributed by atoms with Crippen LogP contribution in [0.25, 0.3) is 16.6 Å². The monoisotopic (exact) mass is 403 g/mol. The standard InChI is InChI=1S/C23H25N5O2/c1-15-24-8-6-22(27-15)28-18-2-4-19(5-3-18)30-21-13-17(16-7-11-29-14-16)12-20-23(21)26-10-9-25-20/h6,8-10,12-14,18-19H,2-5,7,11H2,1H3,(H,24,27,28). The van der Waals surface area contributed by atoms with Gasteiger partial charge in [-0.1, -0.05) is 0 Å². The Balaban J connectivity index is 1.29. The SMILES string of the molecule is Cc1nccc(NC2CCC(Oc3cc(C4=COCC4)cc4nccnc34)CC2)n1. The lowest BCUT2D eigenvalue weighted by Gasteiger charge is -2.30. The number of nitrogens with zero attached hydrogens (tertiary/aromatic N) is 4. The largest absolute Gasteiger partial charge is 0.501 e. The first-order chi connectivity index (χ1) is 14.7. The van der Waals surface area contributed by atoms with Gasteiger partial charge < -0.3 is 14.8 Å². The third kappa shape index (κ3) is 4.06. The minimum Gasteiger partial charge on any atom is -0.501 e. The highest BCUT2D eigenvalue weighted by molar-refractivity contribution is 5.85. The topological polar surface area (TPSA) is 82.1 Å². The molecule has 0 unspecified atom stereocenters. The number of aromatic nitrogens is 4. The van der Waals surface area contributed by atoms with Crippen molar-refractivity contribution in [3.63, 3.8) is 0 Å². The van der Waals surface area contributed by atoms with E-state index in [0.717, 1.165) is 72.7 Å². The molecule has 2 aliphatic rings. The lowest BCUT2D eigenvalue weighted by molar-refractivity contribution is 0.151. The van der Waals surface area contributed by atoms with Crippen LogP contribution >= 0.6 is 0 Å². The number of rotatable bonds is 5. The van der Waals surface area contributed by atoms with Crippen molar-refractivity contribution >= 4 is 22.4 Å². The molecule has 0 amide bonds. The van der Waals surface area contributed by atoms with Crippen LogP contribution in [0.3, 0.4) is 0 Å². The van der Waals surface area contributed by atoms with Gasteiger partial charge in [-0.2, -0.15) is 0 Å². The molecule has 7 nitrogen and oxygen atoms in total. The lowest BCUT2D eigenvalue weighted by Crippen LogP contribution is -2.31. The quantitative estimate of drug-likeness (QED) is 0.680. The van der Waals surface area contributed by atoms with Gasteiger partial charge >= 0.3 is 0 Å². The van der Waals surface area contributed by atoms with Gasteiger partial charge in [0.1, 0.15) is 22.9 Å². The van der Waals surface area contributed by atoms with Crippen LogP contribution in [-0.2, 0) is 4.74 Å². The summed E-state index contributed by atoms with van der Waals surface area (Å²) in [6.07, 6.45) is 12.2. The molecule has 0 atom stereocenters. The number of aryl methyl sites for hydroxylation is 1. The van der Waals surface area contributed by atoms with E-state index in [9.17, 15) is 0 Å². The average molecular weight is 403 g/mol. The summed E-state index contributed by atoms with van der Waals surface area (Å²) >= 11 is 0. The van der Waals surface area contributed by atoms with E-state index in [0.29, 0.717) is 6.04 Å². The fourth-order valence-corrected chi connectivity index (χ4v) is 4.17. The molecule has 5 rings (SSSR count). The Morgan fingerprint density at radius 3 is 2.70 bits per heavy atom. The van der Waals surface area contributed by atoms with Gasteiger partial charge in [-0.15, -0.1) is 0 Å². The molecule has 1 aliphatic carbocycles. The van der Waals surface area contributed by atoms with Crippen LogP contribution in [0.2, 0.25) is 0 Å². The molecule has 0 radical (unpaired) electrons. The highest BCUT2D eigenvalue weighted by Gasteiger charge is 2.24. The Morgan fingerprint density at radius 1 is 1.03 bits per heavy atom. The van der Waals surface area contributed by atoms with Gasteiger partial charge in [-0.3, -0.25) is 4.98 Å². The number of hydrogen-bond donors (Lipinski definition) is 1. The molecule has 1 fully saturated rings. The Bertz CT molecular complexity index is 1080. The highest BCUT2D eigenvalue weighted by atomic mass is 16.5. The van der Waals surface area contributed by atoms with E-state index in [2.05, 4.69) is 37.4 Å². The van der Waals surface area contributed by atoms with Crippen molar-refractivity contribution in [2.45, 2.75) is 51.2 Å². The van der Waals surface area contributed by atoms with Gasteiger partial charge in [0.2, 0.25) is 0 Å². The van der Waals surface area contributed by atoms with Gasteiger partial charge in [0.05, 0.1) is 24.5 Å². The average Bonchev–Trinajstić information content (AvgIpc) is 3.30. The molecule has 30 heavy (non-hydrogen) atoms. The molecule has 3 heterocycles. The summed E-state index contributed by atoms with van der Waals surface area (Å²) in [5.41, 5.74) is 3.95. The summed E-state index contributed by atoms with van der Waals surface area (Å²) < 4.78 is 11.9. The van der Waals surface area contributed by atoms with Crippen LogP contribution in [-0.4, -0.2) is 38.7 Å². The van der Waals surface area contributed by atoms with Gasteiger partial charge in [-0.05, 0) is 61.9 Å². The second-order valence-corrected chi connectivity index (χ2v) is 7.89. The van der Waals surface area contributed by atoms with E-state index in [1.165, 1.54) is 5.57 Å². The maximum absolute atomic E-state index is 6.46. The molecule has 7 heteroatoms. The van der Waals surface area contributed by atoms with Crippen LogP contribution in [0.5, 0.6) is 5.75 Å². The zero-order valence-electron chi connectivity index (χ0n) is 17.0. The molecule has 0 saturated heterocycles. The number of fused-ring (bicyclic) bond motifs is 1. The molecule has 0 bridgehead atoms. The minimum absolute atomic E-state index is 0.171. The first-order valence-electron chi connectivity index (χ1n) is 10.5. The summed E-state index contributed by atoms with van der Waals surface area (Å²) in [6, 6.07) is 6.49. The van der Waals surface area contributed by atoms with Crippen LogP contribution in [0.4, 0.5) is 5.82 Å². The van der Waals surface area contributed by atoms with Crippen LogP contribution < -0.4 is 10.1 Å². The van der Waals surface area contributed by atoms with Gasteiger partial charge in [0.25, 0.3) is 0 Å². The fourth-order valence-electron chi connectivity index (χ4n) is 4.17. The molecular formula is C23H25N5O2. The zero-order valence-corrected chi connectivity index (χ0v) is 17.0. The van der Waals surface area contributed by atoms with Crippen molar-refractivity contribution in [2.75, 3.05) is 11.9 Å². The molecule has 1 saturated carbocycles. The maximum Gasteiger partial charge on any atom is 0.148 e. The molecule has 3 aromatic rings. The van der Waals surface area contributed by atoms with Crippen molar-refractivity contribution in [3.05, 3.63) is 54.4 Å². The number of nitrogens with one attached hydrogen (secondary N) is 1. The zero-order chi connectivity index (χ0) is 20.3. The third-order valence-electron chi connectivity index (χ3n) is 5.72. The number of anilines is 1. The molecular weight excluding hydrogens is 378 g/mol. The third-order valence-corrected chi connectivity index (χ3v) is 5.72. The van der Waals surface area contributed by atoms with Crippen LogP contribution in [0, 0.1) is 6.92 Å². The van der Waals surface area contributed by atoms with E-state index in [1.54, 1.807) is 18.6 Å². The maximum atomic E-state index is 6.46. The molecule has 2 aromatic heterocycles. The predicted octanol–water partition coefficient (Wildman–Crippen LogP) is 4.29. The molecule has 1 N–H and O–H groups in total. The van der Waals surface area contributed by atoms with Crippen LogP contribution in [0.15, 0.2) is 43.1 Å². The smallest absolute Gasteiger partial charge is 0.148 e. The second-order valence-electron chi connectivity index (χ2n) is 7.89. The Kier molecular flexibility index (Phi) is 5.17. The Hall–Kier alpha value is -3.22. The van der Waals surface area contributed by atoms with Crippen molar-refractivity contribution in [2.24, 2.45) is 0 Å². The summed E-state index contributed by atoms with van der Waals surface area (Å²) in [5, 5.41) is 3.53. The summed E-state index contributed by atoms with van der Waals surface area (Å²) in [6.45, 7) is 2.64. The van der Waals surface area contributed by atoms with Gasteiger partial charge in [-0.25, -0.2) is 15.0 Å². The van der Waals surface area contributed by atoms with Gasteiger partial charge in [0.15, 0.2) is 0 Å². The van der Waals surface area contributed by atoms with Crippen molar-refractivity contribution in [1.82, 2.24) is 19.9 Å². The van der Waals surface area contributed by atoms with Crippen molar-refractivity contribution < 1.29 is 9.47 Å². The number of ether oxygens (including phenoxy) is 2. The summed E-state index contributed by atoms with van der Waals surface area (Å²) in [7, 11) is 0. The van der Waals surface area contributed by atoms with Crippen molar-refractivity contribution in [3.8, 4) is 5.75 Å². The fraction of sp³-hybridized carbons (Fsp3) is 0.391. The van der Waals surface area contributed by atoms with Crippen LogP contribution in [0.1, 0.15) is 43.5 Å². The van der Waals surface area contributed by atoms with E-state index in [-0.39, 0.29) is 6.10 Å². The van der Waals surface area contributed by atoms with Gasteiger partial charge in [0, 0.05) is 31.1 Å². The predicted molar refractivity (Wildman–Crippen MR) is 115 cm³/mol. The second kappa shape index (κ2) is 8.26. The molecule has 154 valence electrons. The Morgan fingerprint density at radius 2 is 1.90 bits per heavy atom. The lowest BCUT2D eigenvalue weighted by atomic mass is 9.93. The van der Waals surface area contributed by atoms with E-state index in [1.807, 2.05) is 19.3 Å². The van der Waals surface area contributed by atoms with E-state index >= 15 is 0 Å². The summed E-state index contributed by atoms with van der Waals surface area (Å²) in [5.74, 6) is 2.49. The Labute approximate surface area is 175 Å². The normalized spacial score (nSPS) is 21.2. The first kappa shape index (κ1) is 18.8. The molecule has 1 aromatic carbocycles. The highest BCUT2D eigenvalue weighted by Crippen LogP contribution is 2.33.